The number of carbonyl (C=O) groups is 2. The Morgan fingerprint density at radius 3 is 2.00 bits per heavy atom. The van der Waals surface area contributed by atoms with Crippen molar-refractivity contribution in [3.8, 4) is 0 Å². The Hall–Kier alpha value is -0.853. The Labute approximate surface area is 170 Å². The molecule has 0 rings (SSSR count). The summed E-state index contributed by atoms with van der Waals surface area (Å²) < 4.78 is 41.0. The van der Waals surface area contributed by atoms with Gasteiger partial charge in [-0.25, -0.2) is 0 Å². The molecule has 0 aromatic heterocycles. The van der Waals surface area contributed by atoms with Crippen molar-refractivity contribution >= 4 is 28.5 Å². The Bertz CT molecular complexity index is 461. The molecule has 0 spiro atoms. The largest absolute Gasteiger partial charge is 0.680 e. The van der Waals surface area contributed by atoms with E-state index in [2.05, 4.69) is 5.32 Å². The fourth-order valence-electron chi connectivity index (χ4n) is 1.51. The molecule has 2 atom stereocenters. The van der Waals surface area contributed by atoms with Crippen molar-refractivity contribution in [1.82, 2.24) is 5.32 Å². The third-order valence-electron chi connectivity index (χ3n) is 2.83. The van der Waals surface area contributed by atoms with Crippen LogP contribution in [0, 0.1) is 0 Å². The lowest BCUT2D eigenvalue weighted by atomic mass is 10.3. The van der Waals surface area contributed by atoms with E-state index in [1.54, 1.807) is 6.92 Å². The van der Waals surface area contributed by atoms with Crippen LogP contribution in [0.4, 0.5) is 0 Å². The molecule has 0 radical (unpaired) electrons. The lowest BCUT2D eigenvalue weighted by Crippen LogP contribution is -2.49. The van der Waals surface area contributed by atoms with Gasteiger partial charge in [-0.2, -0.15) is 0 Å². The van der Waals surface area contributed by atoms with E-state index in [1.165, 1.54) is 21.3 Å². The minimum Gasteiger partial charge on any atom is -0.460 e. The van der Waals surface area contributed by atoms with Gasteiger partial charge in [-0.05, 0) is 6.42 Å². The van der Waals surface area contributed by atoms with Gasteiger partial charge in [0.05, 0.1) is 6.61 Å². The number of hydrogen-bond donors (Lipinski definition) is 2. The van der Waals surface area contributed by atoms with Gasteiger partial charge in [-0.15, -0.1) is 0 Å². The molecule has 2 N–H and O–H groups in total. The Morgan fingerprint density at radius 1 is 1.11 bits per heavy atom. The second-order valence-electron chi connectivity index (χ2n) is 4.80. The maximum Gasteiger partial charge on any atom is 0.680 e. The van der Waals surface area contributed by atoms with Crippen LogP contribution in [0.1, 0.15) is 42.0 Å². The third kappa shape index (κ3) is 15.1. The molecule has 0 heterocycles. The summed E-state index contributed by atoms with van der Waals surface area (Å²) in [5.41, 5.74) is 0. The van der Waals surface area contributed by atoms with Crippen LogP contribution in [0.3, 0.4) is 0 Å². The molecule has 1 amide bonds. The fraction of sp³-hybridized carbons (Fsp3) is 0.867. The van der Waals surface area contributed by atoms with Crippen LogP contribution in [0.2, 0.25) is 0 Å². The average molecular weight is 452 g/mol. The summed E-state index contributed by atoms with van der Waals surface area (Å²) in [6, 6.07) is 0. The van der Waals surface area contributed by atoms with Crippen LogP contribution in [0.25, 0.3) is 0 Å². The molecule has 28 heavy (non-hydrogen) atoms. The molecule has 0 aliphatic rings. The minimum atomic E-state index is -3.66. The number of nitrogens with one attached hydrogen (secondary N) is 1. The first-order valence-electron chi connectivity index (χ1n) is 7.31. The molecule has 0 bridgehead atoms. The van der Waals surface area contributed by atoms with Gasteiger partial charge in [0.1, 0.15) is 19.3 Å². The van der Waals surface area contributed by atoms with E-state index < -0.39 is 41.0 Å². The zero-order valence-electron chi connectivity index (χ0n) is 15.0. The molecular weight excluding hydrogens is 413 g/mol. The van der Waals surface area contributed by atoms with Crippen molar-refractivity contribution in [3.63, 3.8) is 0 Å². The highest BCUT2D eigenvalue weighted by Gasteiger charge is 2.42. The molecule has 172 valence electrons. The van der Waals surface area contributed by atoms with Gasteiger partial charge in [0.2, 0.25) is 5.91 Å². The normalized spacial score (nSPS) is 13.6. The van der Waals surface area contributed by atoms with E-state index in [9.17, 15) is 14.2 Å². The predicted octanol–water partition coefficient (Wildman–Crippen LogP) is 1.90. The zero-order valence-corrected chi connectivity index (χ0v) is 16.9. The second-order valence-corrected chi connectivity index (χ2v) is 9.17. The first-order valence-corrected chi connectivity index (χ1v) is 11.0. The van der Waals surface area contributed by atoms with Gasteiger partial charge < -0.3 is 37.2 Å². The third-order valence-corrected chi connectivity index (χ3v) is 5.45. The maximum atomic E-state index is 11.7. The topological polar surface area (TPSA) is 139 Å². The summed E-state index contributed by atoms with van der Waals surface area (Å²) in [4.78, 5) is 32.4. The number of ether oxygens (including phenoxy) is 1. The maximum absolute atomic E-state index is 11.7. The van der Waals surface area contributed by atoms with E-state index in [0.29, 0.717) is 6.42 Å². The molecule has 0 saturated heterocycles. The number of rotatable bonds is 13. The molecular formula is C15H38NO10PSi. The van der Waals surface area contributed by atoms with Crippen LogP contribution in [0.15, 0.2) is 0 Å². The van der Waals surface area contributed by atoms with Crippen molar-refractivity contribution in [1.29, 1.82) is 0 Å². The van der Waals surface area contributed by atoms with Gasteiger partial charge in [0.15, 0.2) is 0 Å². The smallest absolute Gasteiger partial charge is 0.460 e. The highest BCUT2D eigenvalue weighted by Crippen LogP contribution is 2.36. The van der Waals surface area contributed by atoms with Crippen LogP contribution >= 0.6 is 7.60 Å². The van der Waals surface area contributed by atoms with E-state index >= 15 is 0 Å². The molecule has 0 fully saturated rings. The van der Waals surface area contributed by atoms with Crippen molar-refractivity contribution in [3.05, 3.63) is 0 Å². The lowest BCUT2D eigenvalue weighted by molar-refractivity contribution is -0.153. The van der Waals surface area contributed by atoms with E-state index in [1.807, 2.05) is 0 Å². The van der Waals surface area contributed by atoms with E-state index in [-0.39, 0.29) is 35.6 Å². The molecule has 0 aromatic carbocycles. The van der Waals surface area contributed by atoms with E-state index in [4.69, 9.17) is 31.9 Å². The molecule has 11 nitrogen and oxygen atoms in total. The van der Waals surface area contributed by atoms with Gasteiger partial charge >= 0.3 is 22.6 Å². The van der Waals surface area contributed by atoms with Gasteiger partial charge in [-0.1, -0.05) is 29.2 Å². The van der Waals surface area contributed by atoms with Crippen LogP contribution in [-0.2, 0) is 41.1 Å². The average Bonchev–Trinajstić information content (AvgIpc) is 2.55. The van der Waals surface area contributed by atoms with Crippen molar-refractivity contribution in [2.75, 3.05) is 41.3 Å². The number of hydrogen-bond acceptors (Lipinski definition) is 9. The fourth-order valence-corrected chi connectivity index (χ4v) is 3.05. The minimum absolute atomic E-state index is 0. The Morgan fingerprint density at radius 2 is 1.61 bits per heavy atom. The van der Waals surface area contributed by atoms with Crippen LogP contribution < -0.4 is 5.32 Å². The summed E-state index contributed by atoms with van der Waals surface area (Å²) in [7, 11) is -2.92. The monoisotopic (exact) mass is 451 g/mol. The molecule has 0 aliphatic carbocycles. The van der Waals surface area contributed by atoms with Crippen LogP contribution in [-0.4, -0.2) is 73.3 Å². The highest BCUT2D eigenvalue weighted by molar-refractivity contribution is 7.51. The van der Waals surface area contributed by atoms with Gasteiger partial charge in [-0.3, -0.25) is 14.2 Å². The summed E-state index contributed by atoms with van der Waals surface area (Å²) in [6.07, 6.45) is -0.919. The lowest BCUT2D eigenvalue weighted by Gasteiger charge is -2.23. The SMILES string of the molecule is C.C.C.CCC(COP(C)(=O)O)OC(=O)CC(=O)NCO[Si](OC)(OC)OC. The second kappa shape index (κ2) is 17.0. The molecule has 0 saturated carbocycles. The Kier molecular flexibility index (Phi) is 21.1. The van der Waals surface area contributed by atoms with Crippen molar-refractivity contribution < 1.29 is 46.0 Å². The quantitative estimate of drug-likeness (QED) is 0.140. The summed E-state index contributed by atoms with van der Waals surface area (Å²) in [5.74, 6) is -1.44. The first-order chi connectivity index (χ1) is 11.6. The number of carbonyl (C=O) groups excluding carboxylic acids is 2. The van der Waals surface area contributed by atoms with E-state index in [0.717, 1.165) is 6.66 Å². The van der Waals surface area contributed by atoms with Gasteiger partial charge in [0.25, 0.3) is 0 Å². The zero-order chi connectivity index (χ0) is 19.5. The Balaban J connectivity index is -0.000000960. The molecule has 0 aliphatic heterocycles. The van der Waals surface area contributed by atoms with Crippen molar-refractivity contribution in [2.24, 2.45) is 0 Å². The molecule has 0 aromatic rings. The molecule has 2 unspecified atom stereocenters. The predicted molar refractivity (Wildman–Crippen MR) is 108 cm³/mol. The highest BCUT2D eigenvalue weighted by atomic mass is 31.2. The molecule has 13 heteroatoms. The number of esters is 1. The first kappa shape index (κ1) is 34.6. The summed E-state index contributed by atoms with van der Waals surface area (Å²) in [6.45, 7) is 2.22. The standard InChI is InChI=1S/C12H26NO10PSi.3CH4/c1-6-10(8-21-24(5,16)17)23-12(15)7-11(14)13-9-22-25(18-2,19-3)20-4;;;/h10H,6-9H2,1-5H3,(H,13,14)(H,16,17);3*1H4. The summed E-state index contributed by atoms with van der Waals surface area (Å²) in [5, 5.41) is 2.34. The number of amides is 1. The van der Waals surface area contributed by atoms with Gasteiger partial charge in [0, 0.05) is 28.0 Å². The summed E-state index contributed by atoms with van der Waals surface area (Å²) >= 11 is 0. The van der Waals surface area contributed by atoms with Crippen LogP contribution in [0.5, 0.6) is 0 Å². The van der Waals surface area contributed by atoms with Crippen molar-refractivity contribution in [2.45, 2.75) is 48.1 Å².